The molecule has 1 N–H and O–H groups in total. The molecule has 88 valence electrons. The summed E-state index contributed by atoms with van der Waals surface area (Å²) in [5.74, 6) is -0.648. The maximum absolute atomic E-state index is 11.3. The molecule has 5 nitrogen and oxygen atoms in total. The molecule has 1 amide bonds. The molecule has 0 fully saturated rings. The smallest absolute Gasteiger partial charge is 0.337 e. The molecular formula is C12H12N2O3. The van der Waals surface area contributed by atoms with Crippen LogP contribution in [0.15, 0.2) is 24.3 Å². The van der Waals surface area contributed by atoms with Crippen LogP contribution >= 0.6 is 0 Å². The lowest BCUT2D eigenvalue weighted by molar-refractivity contribution is -0.116. The van der Waals surface area contributed by atoms with E-state index in [1.807, 2.05) is 6.07 Å². The van der Waals surface area contributed by atoms with Gasteiger partial charge in [-0.3, -0.25) is 4.79 Å². The minimum absolute atomic E-state index is 0.162. The van der Waals surface area contributed by atoms with Crippen molar-refractivity contribution in [1.29, 1.82) is 5.26 Å². The van der Waals surface area contributed by atoms with Crippen LogP contribution in [0, 0.1) is 11.3 Å². The number of amides is 1. The highest BCUT2D eigenvalue weighted by molar-refractivity contribution is 5.93. The summed E-state index contributed by atoms with van der Waals surface area (Å²) in [6, 6.07) is 8.23. The first-order valence-electron chi connectivity index (χ1n) is 5.02. The van der Waals surface area contributed by atoms with Crippen molar-refractivity contribution in [2.45, 2.75) is 12.8 Å². The van der Waals surface area contributed by atoms with Gasteiger partial charge in [0, 0.05) is 18.5 Å². The van der Waals surface area contributed by atoms with E-state index in [1.165, 1.54) is 7.11 Å². The molecular weight excluding hydrogens is 220 g/mol. The quantitative estimate of drug-likeness (QED) is 0.801. The Labute approximate surface area is 99.0 Å². The molecule has 0 spiro atoms. The Morgan fingerprint density at radius 2 is 2.00 bits per heavy atom. The average Bonchev–Trinajstić information content (AvgIpc) is 2.36. The van der Waals surface area contributed by atoms with Crippen molar-refractivity contribution in [3.63, 3.8) is 0 Å². The number of anilines is 1. The first-order valence-corrected chi connectivity index (χ1v) is 5.02. The summed E-state index contributed by atoms with van der Waals surface area (Å²) in [7, 11) is 1.31. The molecule has 0 aliphatic rings. The Morgan fingerprint density at radius 1 is 1.35 bits per heavy atom. The van der Waals surface area contributed by atoms with Crippen LogP contribution in [0.25, 0.3) is 0 Å². The molecule has 0 aromatic heterocycles. The highest BCUT2D eigenvalue weighted by atomic mass is 16.5. The Hall–Kier alpha value is -2.35. The van der Waals surface area contributed by atoms with Gasteiger partial charge in [-0.05, 0) is 24.3 Å². The van der Waals surface area contributed by atoms with Crippen LogP contribution in [0.4, 0.5) is 5.69 Å². The van der Waals surface area contributed by atoms with Gasteiger partial charge in [0.1, 0.15) is 0 Å². The van der Waals surface area contributed by atoms with Gasteiger partial charge < -0.3 is 10.1 Å². The molecule has 0 unspecified atom stereocenters. The van der Waals surface area contributed by atoms with Crippen LogP contribution in [0.1, 0.15) is 23.2 Å². The average molecular weight is 232 g/mol. The van der Waals surface area contributed by atoms with Gasteiger partial charge in [-0.1, -0.05) is 0 Å². The molecule has 17 heavy (non-hydrogen) atoms. The zero-order valence-electron chi connectivity index (χ0n) is 9.40. The number of benzene rings is 1. The third-order valence-electron chi connectivity index (χ3n) is 2.05. The maximum Gasteiger partial charge on any atom is 0.337 e. The van der Waals surface area contributed by atoms with Crippen molar-refractivity contribution < 1.29 is 14.3 Å². The third kappa shape index (κ3) is 3.95. The number of nitrogens with zero attached hydrogens (tertiary/aromatic N) is 1. The highest BCUT2D eigenvalue weighted by Crippen LogP contribution is 2.10. The number of ether oxygens (including phenoxy) is 1. The van der Waals surface area contributed by atoms with E-state index in [1.54, 1.807) is 24.3 Å². The molecule has 1 rings (SSSR count). The number of nitriles is 1. The van der Waals surface area contributed by atoms with Gasteiger partial charge in [-0.25, -0.2) is 4.79 Å². The second-order valence-corrected chi connectivity index (χ2v) is 3.28. The van der Waals surface area contributed by atoms with E-state index in [4.69, 9.17) is 5.26 Å². The van der Waals surface area contributed by atoms with Gasteiger partial charge in [0.15, 0.2) is 0 Å². The number of rotatable bonds is 4. The zero-order valence-corrected chi connectivity index (χ0v) is 9.40. The van der Waals surface area contributed by atoms with Crippen LogP contribution in [-0.4, -0.2) is 19.0 Å². The van der Waals surface area contributed by atoms with Gasteiger partial charge in [-0.2, -0.15) is 5.26 Å². The summed E-state index contributed by atoms with van der Waals surface area (Å²) in [6.45, 7) is 0. The number of carbonyl (C=O) groups is 2. The molecule has 1 aromatic rings. The van der Waals surface area contributed by atoms with Crippen molar-refractivity contribution in [2.24, 2.45) is 0 Å². The van der Waals surface area contributed by atoms with E-state index >= 15 is 0 Å². The fourth-order valence-corrected chi connectivity index (χ4v) is 1.20. The number of nitrogens with one attached hydrogen (secondary N) is 1. The second-order valence-electron chi connectivity index (χ2n) is 3.28. The molecule has 1 aromatic carbocycles. The SMILES string of the molecule is COC(=O)c1ccc(NC(=O)CCC#N)cc1. The minimum Gasteiger partial charge on any atom is -0.465 e. The monoisotopic (exact) mass is 232 g/mol. The highest BCUT2D eigenvalue weighted by Gasteiger charge is 2.05. The van der Waals surface area contributed by atoms with Gasteiger partial charge >= 0.3 is 5.97 Å². The van der Waals surface area contributed by atoms with Crippen LogP contribution in [0.2, 0.25) is 0 Å². The van der Waals surface area contributed by atoms with Crippen LogP contribution in [0.5, 0.6) is 0 Å². The summed E-state index contributed by atoms with van der Waals surface area (Å²) < 4.78 is 4.55. The third-order valence-corrected chi connectivity index (χ3v) is 2.05. The van der Waals surface area contributed by atoms with Crippen LogP contribution in [0.3, 0.4) is 0 Å². The van der Waals surface area contributed by atoms with Gasteiger partial charge in [0.2, 0.25) is 5.91 Å². The lowest BCUT2D eigenvalue weighted by atomic mass is 10.2. The lowest BCUT2D eigenvalue weighted by Gasteiger charge is -2.04. The molecule has 0 aliphatic heterocycles. The molecule has 0 saturated carbocycles. The van der Waals surface area contributed by atoms with Crippen molar-refractivity contribution >= 4 is 17.6 Å². The lowest BCUT2D eigenvalue weighted by Crippen LogP contribution is -2.11. The largest absolute Gasteiger partial charge is 0.465 e. The Bertz CT molecular complexity index is 446. The Kier molecular flexibility index (Phi) is 4.70. The summed E-state index contributed by atoms with van der Waals surface area (Å²) in [4.78, 5) is 22.4. The van der Waals surface area contributed by atoms with E-state index < -0.39 is 5.97 Å². The second kappa shape index (κ2) is 6.28. The normalized spacial score (nSPS) is 9.18. The molecule has 5 heteroatoms. The fraction of sp³-hybridized carbons (Fsp3) is 0.250. The Morgan fingerprint density at radius 3 is 2.53 bits per heavy atom. The molecule has 0 bridgehead atoms. The summed E-state index contributed by atoms with van der Waals surface area (Å²) >= 11 is 0. The van der Waals surface area contributed by atoms with Gasteiger partial charge in [-0.15, -0.1) is 0 Å². The van der Waals surface area contributed by atoms with Crippen molar-refractivity contribution in [3.05, 3.63) is 29.8 Å². The molecule has 0 heterocycles. The Balaban J connectivity index is 2.60. The predicted octanol–water partition coefficient (Wildman–Crippen LogP) is 1.72. The van der Waals surface area contributed by atoms with Gasteiger partial charge in [0.25, 0.3) is 0 Å². The molecule has 0 atom stereocenters. The van der Waals surface area contributed by atoms with E-state index in [-0.39, 0.29) is 18.7 Å². The summed E-state index contributed by atoms with van der Waals surface area (Å²) in [5, 5.41) is 10.9. The number of methoxy groups -OCH3 is 1. The zero-order chi connectivity index (χ0) is 12.7. The first-order chi connectivity index (χ1) is 8.17. The van der Waals surface area contributed by atoms with Crippen LogP contribution < -0.4 is 5.32 Å². The van der Waals surface area contributed by atoms with Crippen molar-refractivity contribution in [3.8, 4) is 6.07 Å². The number of hydrogen-bond donors (Lipinski definition) is 1. The maximum atomic E-state index is 11.3. The first kappa shape index (κ1) is 12.7. The standard InChI is InChI=1S/C12H12N2O3/c1-17-12(16)9-4-6-10(7-5-9)14-11(15)3-2-8-13/h4-7H,2-3H2,1H3,(H,14,15). The van der Waals surface area contributed by atoms with E-state index in [9.17, 15) is 9.59 Å². The number of hydrogen-bond acceptors (Lipinski definition) is 4. The fourth-order valence-electron chi connectivity index (χ4n) is 1.20. The topological polar surface area (TPSA) is 79.2 Å². The molecule has 0 saturated heterocycles. The summed E-state index contributed by atoms with van der Waals surface area (Å²) in [5.41, 5.74) is 1.00. The number of carbonyl (C=O) groups excluding carboxylic acids is 2. The molecule has 0 aliphatic carbocycles. The van der Waals surface area contributed by atoms with Crippen molar-refractivity contribution in [1.82, 2.24) is 0 Å². The predicted molar refractivity (Wildman–Crippen MR) is 61.3 cm³/mol. The number of esters is 1. The summed E-state index contributed by atoms with van der Waals surface area (Å²) in [6.07, 6.45) is 0.349. The van der Waals surface area contributed by atoms with Crippen LogP contribution in [-0.2, 0) is 9.53 Å². The minimum atomic E-state index is -0.424. The van der Waals surface area contributed by atoms with E-state index in [0.717, 1.165) is 0 Å². The van der Waals surface area contributed by atoms with Crippen molar-refractivity contribution in [2.75, 3.05) is 12.4 Å². The molecule has 0 radical (unpaired) electrons. The van der Waals surface area contributed by atoms with E-state index in [2.05, 4.69) is 10.1 Å². The van der Waals surface area contributed by atoms with E-state index in [0.29, 0.717) is 11.3 Å². The van der Waals surface area contributed by atoms with Gasteiger partial charge in [0.05, 0.1) is 18.7 Å².